The van der Waals surface area contributed by atoms with E-state index in [1.165, 1.54) is 6.07 Å². The maximum atomic E-state index is 12.1. The van der Waals surface area contributed by atoms with Crippen LogP contribution in [0.25, 0.3) is 0 Å². The van der Waals surface area contributed by atoms with Crippen molar-refractivity contribution in [1.82, 2.24) is 0 Å². The van der Waals surface area contributed by atoms with Gasteiger partial charge in [0.05, 0.1) is 12.2 Å². The lowest BCUT2D eigenvalue weighted by molar-refractivity contribution is -0.136. The van der Waals surface area contributed by atoms with E-state index in [4.69, 9.17) is 5.11 Å². The Morgan fingerprint density at radius 1 is 1.09 bits per heavy atom. The van der Waals surface area contributed by atoms with Gasteiger partial charge >= 0.3 is 5.97 Å². The first-order valence-corrected chi connectivity index (χ1v) is 8.86. The fraction of sp³-hybridized carbons (Fsp3) is 0.235. The highest BCUT2D eigenvalue weighted by atomic mass is 32.2. The number of benzene rings is 2. The third-order valence-corrected chi connectivity index (χ3v) is 4.62. The topological polar surface area (TPSA) is 83.5 Å². The molecular formula is C17H19NO4S. The minimum Gasteiger partial charge on any atom is -0.481 e. The number of hydrogen-bond donors (Lipinski definition) is 2. The molecule has 0 amide bonds. The Morgan fingerprint density at radius 2 is 1.78 bits per heavy atom. The Hall–Kier alpha value is -2.34. The molecule has 2 aromatic carbocycles. The van der Waals surface area contributed by atoms with Crippen molar-refractivity contribution in [1.29, 1.82) is 0 Å². The van der Waals surface area contributed by atoms with Crippen molar-refractivity contribution in [3.63, 3.8) is 0 Å². The van der Waals surface area contributed by atoms with Crippen molar-refractivity contribution in [2.45, 2.75) is 19.8 Å². The summed E-state index contributed by atoms with van der Waals surface area (Å²) in [7, 11) is -3.49. The van der Waals surface area contributed by atoms with Crippen LogP contribution in [0.3, 0.4) is 0 Å². The van der Waals surface area contributed by atoms with Crippen LogP contribution < -0.4 is 4.72 Å². The monoisotopic (exact) mass is 333 g/mol. The number of aliphatic carboxylic acids is 1. The lowest BCUT2D eigenvalue weighted by atomic mass is 10.1. The summed E-state index contributed by atoms with van der Waals surface area (Å²) in [5.74, 6) is -0.983. The van der Waals surface area contributed by atoms with Crippen molar-refractivity contribution >= 4 is 21.7 Å². The van der Waals surface area contributed by atoms with Gasteiger partial charge in [-0.05, 0) is 36.6 Å². The molecule has 0 bridgehead atoms. The number of sulfonamides is 1. The summed E-state index contributed by atoms with van der Waals surface area (Å²) >= 11 is 0. The number of carboxylic acid groups (broad SMARTS) is 1. The maximum absolute atomic E-state index is 12.1. The maximum Gasteiger partial charge on any atom is 0.307 e. The second-order valence-electron chi connectivity index (χ2n) is 5.43. The van der Waals surface area contributed by atoms with Gasteiger partial charge in [0.2, 0.25) is 10.0 Å². The lowest BCUT2D eigenvalue weighted by Crippen LogP contribution is -2.18. The summed E-state index contributed by atoms with van der Waals surface area (Å²) in [4.78, 5) is 10.7. The number of aryl methyl sites for hydroxylation is 2. The van der Waals surface area contributed by atoms with E-state index in [1.807, 2.05) is 31.2 Å². The molecule has 0 radical (unpaired) electrons. The first-order valence-electron chi connectivity index (χ1n) is 7.21. The third-order valence-electron chi connectivity index (χ3n) is 3.34. The molecule has 0 saturated carbocycles. The van der Waals surface area contributed by atoms with E-state index in [1.54, 1.807) is 18.2 Å². The van der Waals surface area contributed by atoms with Gasteiger partial charge in [0.25, 0.3) is 0 Å². The highest BCUT2D eigenvalue weighted by molar-refractivity contribution is 7.92. The Labute approximate surface area is 136 Å². The molecule has 0 aliphatic rings. The Kier molecular flexibility index (Phi) is 5.39. The first-order chi connectivity index (χ1) is 10.8. The second-order valence-corrected chi connectivity index (χ2v) is 7.27. The second kappa shape index (κ2) is 7.28. The summed E-state index contributed by atoms with van der Waals surface area (Å²) in [5.41, 5.74) is 3.02. The Morgan fingerprint density at radius 3 is 2.43 bits per heavy atom. The van der Waals surface area contributed by atoms with Crippen molar-refractivity contribution in [2.24, 2.45) is 0 Å². The molecule has 2 rings (SSSR count). The van der Waals surface area contributed by atoms with E-state index in [0.29, 0.717) is 17.7 Å². The van der Waals surface area contributed by atoms with Gasteiger partial charge in [-0.2, -0.15) is 0 Å². The summed E-state index contributed by atoms with van der Waals surface area (Å²) in [6.45, 7) is 1.98. The highest BCUT2D eigenvalue weighted by Gasteiger charge is 2.11. The minimum absolute atomic E-state index is 0.0286. The molecule has 0 atom stereocenters. The molecule has 2 aromatic rings. The molecule has 0 saturated heterocycles. The zero-order valence-electron chi connectivity index (χ0n) is 12.8. The van der Waals surface area contributed by atoms with Crippen LogP contribution in [0.4, 0.5) is 5.69 Å². The molecular weight excluding hydrogens is 314 g/mol. The minimum atomic E-state index is -3.49. The number of rotatable bonds is 7. The predicted octanol–water partition coefficient (Wildman–Crippen LogP) is 2.61. The first kappa shape index (κ1) is 17.0. The van der Waals surface area contributed by atoms with Gasteiger partial charge in [-0.25, -0.2) is 8.42 Å². The van der Waals surface area contributed by atoms with Gasteiger partial charge in [0.1, 0.15) is 0 Å². The summed E-state index contributed by atoms with van der Waals surface area (Å²) < 4.78 is 26.8. The van der Waals surface area contributed by atoms with Crippen molar-refractivity contribution < 1.29 is 18.3 Å². The number of carboxylic acids is 1. The molecule has 0 aliphatic heterocycles. The zero-order valence-corrected chi connectivity index (χ0v) is 13.6. The molecule has 6 heteroatoms. The predicted molar refractivity (Wildman–Crippen MR) is 90.1 cm³/mol. The zero-order chi connectivity index (χ0) is 16.9. The van der Waals surface area contributed by atoms with Gasteiger partial charge in [-0.15, -0.1) is 0 Å². The Balaban J connectivity index is 2.00. The van der Waals surface area contributed by atoms with Crippen LogP contribution in [0.15, 0.2) is 48.5 Å². The van der Waals surface area contributed by atoms with Crippen molar-refractivity contribution in [3.8, 4) is 0 Å². The molecule has 0 aromatic heterocycles. The summed E-state index contributed by atoms with van der Waals surface area (Å²) in [6.07, 6.45) is 0.281. The van der Waals surface area contributed by atoms with Crippen LogP contribution in [-0.4, -0.2) is 25.2 Å². The normalized spacial score (nSPS) is 11.2. The van der Waals surface area contributed by atoms with Gasteiger partial charge in [-0.3, -0.25) is 9.52 Å². The fourth-order valence-electron chi connectivity index (χ4n) is 2.16. The van der Waals surface area contributed by atoms with Crippen LogP contribution in [0.5, 0.6) is 0 Å². The molecule has 0 spiro atoms. The van der Waals surface area contributed by atoms with Crippen LogP contribution >= 0.6 is 0 Å². The number of carbonyl (C=O) groups is 1. The quantitative estimate of drug-likeness (QED) is 0.816. The van der Waals surface area contributed by atoms with Gasteiger partial charge < -0.3 is 5.11 Å². The molecule has 5 nitrogen and oxygen atoms in total. The van der Waals surface area contributed by atoms with Gasteiger partial charge in [-0.1, -0.05) is 42.0 Å². The summed E-state index contributed by atoms with van der Waals surface area (Å²) in [6, 6.07) is 14.2. The molecule has 0 unspecified atom stereocenters. The van der Waals surface area contributed by atoms with Gasteiger partial charge in [0, 0.05) is 5.69 Å². The molecule has 122 valence electrons. The average molecular weight is 333 g/mol. The Bertz CT molecular complexity index is 782. The molecule has 0 fully saturated rings. The molecule has 0 heterocycles. The molecule has 23 heavy (non-hydrogen) atoms. The van der Waals surface area contributed by atoms with E-state index in [2.05, 4.69) is 4.72 Å². The van der Waals surface area contributed by atoms with Crippen LogP contribution in [0, 0.1) is 6.92 Å². The SMILES string of the molecule is Cc1ccc(CCS(=O)(=O)Nc2cccc(CC(=O)O)c2)cc1. The molecule has 2 N–H and O–H groups in total. The number of hydrogen-bond acceptors (Lipinski definition) is 3. The van der Waals surface area contributed by atoms with E-state index in [0.717, 1.165) is 11.1 Å². The van der Waals surface area contributed by atoms with E-state index >= 15 is 0 Å². The summed E-state index contributed by atoms with van der Waals surface area (Å²) in [5, 5.41) is 8.78. The number of anilines is 1. The van der Waals surface area contributed by atoms with Crippen LogP contribution in [0.1, 0.15) is 16.7 Å². The van der Waals surface area contributed by atoms with E-state index in [9.17, 15) is 13.2 Å². The van der Waals surface area contributed by atoms with E-state index in [-0.39, 0.29) is 12.2 Å². The fourth-order valence-corrected chi connectivity index (χ4v) is 3.25. The van der Waals surface area contributed by atoms with Crippen molar-refractivity contribution in [3.05, 3.63) is 65.2 Å². The third kappa shape index (κ3) is 5.75. The smallest absolute Gasteiger partial charge is 0.307 e. The van der Waals surface area contributed by atoms with E-state index < -0.39 is 16.0 Å². The largest absolute Gasteiger partial charge is 0.481 e. The highest BCUT2D eigenvalue weighted by Crippen LogP contribution is 2.14. The van der Waals surface area contributed by atoms with Gasteiger partial charge in [0.15, 0.2) is 0 Å². The van der Waals surface area contributed by atoms with Crippen molar-refractivity contribution in [2.75, 3.05) is 10.5 Å². The average Bonchev–Trinajstić information content (AvgIpc) is 2.46. The van der Waals surface area contributed by atoms with Crippen LogP contribution in [0.2, 0.25) is 0 Å². The lowest BCUT2D eigenvalue weighted by Gasteiger charge is -2.09. The number of nitrogens with one attached hydrogen (secondary N) is 1. The van der Waals surface area contributed by atoms with Crippen LogP contribution in [-0.2, 0) is 27.7 Å². The standard InChI is InChI=1S/C17H19NO4S/c1-13-5-7-14(8-6-13)9-10-23(21,22)18-16-4-2-3-15(11-16)12-17(19)20/h2-8,11,18H,9-10,12H2,1H3,(H,19,20). The molecule has 0 aliphatic carbocycles.